The Kier molecular flexibility index (Phi) is 3.48. The van der Waals surface area contributed by atoms with E-state index in [0.717, 1.165) is 37.0 Å². The Bertz CT molecular complexity index is 386. The van der Waals surface area contributed by atoms with Crippen LogP contribution >= 0.6 is 0 Å². The average Bonchev–Trinajstić information content (AvgIpc) is 2.41. The molecule has 112 valence electrons. The molecule has 4 aliphatic carbocycles. The number of amides is 2. The molecule has 0 spiro atoms. The van der Waals surface area contributed by atoms with E-state index in [1.54, 1.807) is 6.92 Å². The third kappa shape index (κ3) is 2.32. The molecule has 5 nitrogen and oxygen atoms in total. The van der Waals surface area contributed by atoms with Gasteiger partial charge in [-0.15, -0.1) is 0 Å². The fourth-order valence-corrected chi connectivity index (χ4v) is 4.85. The molecule has 0 aromatic heterocycles. The Morgan fingerprint density at radius 3 is 2.00 bits per heavy atom. The van der Waals surface area contributed by atoms with Gasteiger partial charge in [0.25, 0.3) is 5.91 Å². The number of rotatable bonds is 3. The van der Waals surface area contributed by atoms with Gasteiger partial charge in [0, 0.05) is 7.11 Å². The highest BCUT2D eigenvalue weighted by molar-refractivity contribution is 5.87. The Morgan fingerprint density at radius 2 is 1.55 bits per heavy atom. The minimum absolute atomic E-state index is 0.00764. The summed E-state index contributed by atoms with van der Waals surface area (Å²) in [6.45, 7) is 1.66. The number of hydrogen-bond acceptors (Lipinski definition) is 3. The molecule has 0 saturated heterocycles. The number of nitrogens with one attached hydrogen (secondary N) is 2. The lowest BCUT2D eigenvalue weighted by Gasteiger charge is -2.55. The van der Waals surface area contributed by atoms with Crippen LogP contribution in [0, 0.1) is 23.2 Å². The molecule has 20 heavy (non-hydrogen) atoms. The lowest BCUT2D eigenvalue weighted by atomic mass is 9.49. The van der Waals surface area contributed by atoms with Crippen molar-refractivity contribution in [2.45, 2.75) is 51.6 Å². The largest absolute Gasteiger partial charge is 0.372 e. The second kappa shape index (κ2) is 5.02. The lowest BCUT2D eigenvalue weighted by Crippen LogP contribution is -2.57. The monoisotopic (exact) mass is 280 g/mol. The number of ether oxygens (including phenoxy) is 1. The zero-order valence-corrected chi connectivity index (χ0v) is 12.3. The summed E-state index contributed by atoms with van der Waals surface area (Å²) in [5.74, 6) is 1.88. The minimum atomic E-state index is -0.549. The maximum Gasteiger partial charge on any atom is 0.267 e. The summed E-state index contributed by atoms with van der Waals surface area (Å²) in [4.78, 5) is 24.2. The van der Waals surface area contributed by atoms with Gasteiger partial charge in [0.2, 0.25) is 5.91 Å². The molecule has 0 radical (unpaired) electrons. The van der Waals surface area contributed by atoms with E-state index in [2.05, 4.69) is 10.9 Å². The highest BCUT2D eigenvalue weighted by Crippen LogP contribution is 2.59. The highest BCUT2D eigenvalue weighted by atomic mass is 16.5. The SMILES string of the molecule is CO[C@H](C)C(=O)NNC(=O)C12CC3CC(CC(C3)C1)C2. The third-order valence-electron chi connectivity index (χ3n) is 5.54. The van der Waals surface area contributed by atoms with Crippen LogP contribution in [-0.2, 0) is 14.3 Å². The standard InChI is InChI=1S/C15H24N2O3/c1-9(20-2)13(18)16-17-14(19)15-6-10-3-11(7-15)5-12(4-10)8-15/h9-12H,3-8H2,1-2H3,(H,16,18)(H,17,19)/t9-,10?,11?,12?,15?/m1/s1. The molecular formula is C15H24N2O3. The molecule has 1 atom stereocenters. The van der Waals surface area contributed by atoms with Crippen LogP contribution in [0.15, 0.2) is 0 Å². The molecule has 2 N–H and O–H groups in total. The number of carbonyl (C=O) groups excluding carboxylic acids is 2. The molecule has 4 fully saturated rings. The Balaban J connectivity index is 1.61. The van der Waals surface area contributed by atoms with Crippen LogP contribution in [0.3, 0.4) is 0 Å². The van der Waals surface area contributed by atoms with Crippen LogP contribution in [0.1, 0.15) is 45.4 Å². The van der Waals surface area contributed by atoms with Crippen LogP contribution in [0.4, 0.5) is 0 Å². The summed E-state index contributed by atoms with van der Waals surface area (Å²) in [7, 11) is 1.48. The summed E-state index contributed by atoms with van der Waals surface area (Å²) in [5.41, 5.74) is 4.91. The van der Waals surface area contributed by atoms with Crippen LogP contribution in [0.25, 0.3) is 0 Å². The summed E-state index contributed by atoms with van der Waals surface area (Å²) in [6.07, 6.45) is 6.37. The van der Waals surface area contributed by atoms with Crippen molar-refractivity contribution >= 4 is 11.8 Å². The smallest absolute Gasteiger partial charge is 0.267 e. The third-order valence-corrected chi connectivity index (χ3v) is 5.54. The number of methoxy groups -OCH3 is 1. The van der Waals surface area contributed by atoms with Crippen molar-refractivity contribution in [1.29, 1.82) is 0 Å². The molecule has 4 aliphatic rings. The van der Waals surface area contributed by atoms with Crippen LogP contribution in [0.2, 0.25) is 0 Å². The van der Waals surface area contributed by atoms with Gasteiger partial charge in [-0.25, -0.2) is 0 Å². The Morgan fingerprint density at radius 1 is 1.05 bits per heavy atom. The second-order valence-corrected chi connectivity index (χ2v) is 7.02. The van der Waals surface area contributed by atoms with Crippen molar-refractivity contribution in [1.82, 2.24) is 10.9 Å². The highest BCUT2D eigenvalue weighted by Gasteiger charge is 2.54. The van der Waals surface area contributed by atoms with Crippen molar-refractivity contribution < 1.29 is 14.3 Å². The van der Waals surface area contributed by atoms with E-state index in [1.807, 2.05) is 0 Å². The first-order valence-corrected chi connectivity index (χ1v) is 7.65. The van der Waals surface area contributed by atoms with Gasteiger partial charge in [0.05, 0.1) is 5.41 Å². The van der Waals surface area contributed by atoms with E-state index in [-0.39, 0.29) is 17.2 Å². The first-order chi connectivity index (χ1) is 9.52. The fraction of sp³-hybridized carbons (Fsp3) is 0.867. The van der Waals surface area contributed by atoms with E-state index >= 15 is 0 Å². The molecule has 0 aromatic carbocycles. The van der Waals surface area contributed by atoms with Crippen molar-refractivity contribution in [3.8, 4) is 0 Å². The maximum absolute atomic E-state index is 12.5. The van der Waals surface area contributed by atoms with Gasteiger partial charge in [0.1, 0.15) is 6.10 Å². The fourth-order valence-electron chi connectivity index (χ4n) is 4.85. The minimum Gasteiger partial charge on any atom is -0.372 e. The van der Waals surface area contributed by atoms with Gasteiger partial charge in [-0.3, -0.25) is 20.4 Å². The maximum atomic E-state index is 12.5. The molecule has 0 aliphatic heterocycles. The van der Waals surface area contributed by atoms with Gasteiger partial charge in [0.15, 0.2) is 0 Å². The molecule has 4 rings (SSSR count). The second-order valence-electron chi connectivity index (χ2n) is 7.02. The normalized spacial score (nSPS) is 39.4. The summed E-state index contributed by atoms with van der Waals surface area (Å²) in [6, 6.07) is 0. The average molecular weight is 280 g/mol. The van der Waals surface area contributed by atoms with E-state index in [9.17, 15) is 9.59 Å². The molecule has 0 heterocycles. The van der Waals surface area contributed by atoms with Crippen LogP contribution < -0.4 is 10.9 Å². The summed E-state index contributed by atoms with van der Waals surface area (Å²) < 4.78 is 4.93. The van der Waals surface area contributed by atoms with E-state index in [1.165, 1.54) is 26.4 Å². The van der Waals surface area contributed by atoms with E-state index in [0.29, 0.717) is 0 Å². The lowest BCUT2D eigenvalue weighted by molar-refractivity contribution is -0.150. The number of hydrogen-bond donors (Lipinski definition) is 2. The molecule has 2 amide bonds. The topological polar surface area (TPSA) is 67.4 Å². The molecule has 4 saturated carbocycles. The van der Waals surface area contributed by atoms with Crippen molar-refractivity contribution in [2.24, 2.45) is 23.2 Å². The van der Waals surface area contributed by atoms with Crippen LogP contribution in [-0.4, -0.2) is 25.0 Å². The van der Waals surface area contributed by atoms with Gasteiger partial charge in [-0.05, 0) is 63.2 Å². The van der Waals surface area contributed by atoms with E-state index < -0.39 is 6.10 Å². The zero-order valence-electron chi connectivity index (χ0n) is 12.3. The van der Waals surface area contributed by atoms with Gasteiger partial charge >= 0.3 is 0 Å². The number of hydrazine groups is 1. The molecule has 5 heteroatoms. The first kappa shape index (κ1) is 13.9. The summed E-state index contributed by atoms with van der Waals surface area (Å²) >= 11 is 0. The Labute approximate surface area is 119 Å². The van der Waals surface area contributed by atoms with Crippen molar-refractivity contribution in [2.75, 3.05) is 7.11 Å². The molecule has 0 unspecified atom stereocenters. The first-order valence-electron chi connectivity index (χ1n) is 7.65. The molecule has 0 aromatic rings. The van der Waals surface area contributed by atoms with Crippen molar-refractivity contribution in [3.05, 3.63) is 0 Å². The van der Waals surface area contributed by atoms with Gasteiger partial charge < -0.3 is 4.74 Å². The van der Waals surface area contributed by atoms with Gasteiger partial charge in [-0.2, -0.15) is 0 Å². The van der Waals surface area contributed by atoms with Gasteiger partial charge in [-0.1, -0.05) is 0 Å². The summed E-state index contributed by atoms with van der Waals surface area (Å²) in [5, 5.41) is 0. The quantitative estimate of drug-likeness (QED) is 0.768. The Hall–Kier alpha value is -1.10. The molecule has 4 bridgehead atoms. The van der Waals surface area contributed by atoms with E-state index in [4.69, 9.17) is 4.74 Å². The van der Waals surface area contributed by atoms with Crippen molar-refractivity contribution in [3.63, 3.8) is 0 Å². The molecular weight excluding hydrogens is 256 g/mol. The predicted octanol–water partition coefficient (Wildman–Crippen LogP) is 1.39. The number of carbonyl (C=O) groups is 2. The van der Waals surface area contributed by atoms with Crippen LogP contribution in [0.5, 0.6) is 0 Å². The zero-order chi connectivity index (χ0) is 14.3. The predicted molar refractivity (Wildman–Crippen MR) is 73.4 cm³/mol.